The van der Waals surface area contributed by atoms with Gasteiger partial charge in [-0.2, -0.15) is 5.10 Å². The molecule has 1 aromatic heterocycles. The molecule has 0 unspecified atom stereocenters. The van der Waals surface area contributed by atoms with Crippen molar-refractivity contribution in [3.05, 3.63) is 17.5 Å². The highest BCUT2D eigenvalue weighted by Crippen LogP contribution is 2.22. The van der Waals surface area contributed by atoms with Crippen molar-refractivity contribution >= 4 is 5.91 Å². The van der Waals surface area contributed by atoms with Crippen LogP contribution in [0.4, 0.5) is 0 Å². The monoisotopic (exact) mass is 165 g/mol. The van der Waals surface area contributed by atoms with E-state index in [0.29, 0.717) is 0 Å². The van der Waals surface area contributed by atoms with Gasteiger partial charge in [-0.1, -0.05) is 0 Å². The zero-order valence-electron chi connectivity index (χ0n) is 6.71. The number of aryl methyl sites for hydroxylation is 1. The van der Waals surface area contributed by atoms with Crippen LogP contribution < -0.4 is 5.73 Å². The first-order valence-electron chi connectivity index (χ1n) is 4.08. The number of H-pyrrole nitrogens is 1. The van der Waals surface area contributed by atoms with Crippen molar-refractivity contribution < 1.29 is 4.79 Å². The third-order valence-electron chi connectivity index (χ3n) is 2.42. The number of amides is 1. The number of rotatable bonds is 1. The van der Waals surface area contributed by atoms with Gasteiger partial charge in [0.25, 0.3) is 0 Å². The quantitative estimate of drug-likeness (QED) is 0.614. The molecule has 1 amide bonds. The van der Waals surface area contributed by atoms with Crippen LogP contribution in [0.5, 0.6) is 0 Å². The zero-order chi connectivity index (χ0) is 8.55. The third kappa shape index (κ3) is 1.09. The van der Waals surface area contributed by atoms with E-state index in [1.165, 1.54) is 5.56 Å². The Morgan fingerprint density at radius 3 is 3.33 bits per heavy atom. The molecule has 0 spiro atoms. The summed E-state index contributed by atoms with van der Waals surface area (Å²) in [5.41, 5.74) is 7.52. The number of carbonyl (C=O) groups excluding carboxylic acids is 1. The van der Waals surface area contributed by atoms with Crippen LogP contribution in [0.15, 0.2) is 6.20 Å². The largest absolute Gasteiger partial charge is 0.369 e. The zero-order valence-corrected chi connectivity index (χ0v) is 6.71. The molecule has 0 saturated heterocycles. The predicted octanol–water partition coefficient (Wildman–Crippen LogP) is -0.000100. The van der Waals surface area contributed by atoms with E-state index in [9.17, 15) is 4.79 Å². The summed E-state index contributed by atoms with van der Waals surface area (Å²) < 4.78 is 0. The van der Waals surface area contributed by atoms with Crippen molar-refractivity contribution in [2.45, 2.75) is 19.3 Å². The summed E-state index contributed by atoms with van der Waals surface area (Å²) >= 11 is 0. The Kier molecular flexibility index (Phi) is 1.60. The second-order valence-electron chi connectivity index (χ2n) is 3.22. The second kappa shape index (κ2) is 2.62. The van der Waals surface area contributed by atoms with Gasteiger partial charge in [0.2, 0.25) is 5.91 Å². The topological polar surface area (TPSA) is 71.8 Å². The summed E-state index contributed by atoms with van der Waals surface area (Å²) in [4.78, 5) is 10.9. The van der Waals surface area contributed by atoms with Crippen molar-refractivity contribution in [2.75, 3.05) is 0 Å². The van der Waals surface area contributed by atoms with Crippen molar-refractivity contribution in [1.29, 1.82) is 0 Å². The fraction of sp³-hybridized carbons (Fsp3) is 0.500. The molecule has 0 aliphatic heterocycles. The van der Waals surface area contributed by atoms with E-state index in [4.69, 9.17) is 5.73 Å². The van der Waals surface area contributed by atoms with Gasteiger partial charge in [0, 0.05) is 18.0 Å². The highest BCUT2D eigenvalue weighted by atomic mass is 16.1. The van der Waals surface area contributed by atoms with Crippen LogP contribution in [0.3, 0.4) is 0 Å². The van der Waals surface area contributed by atoms with Gasteiger partial charge in [-0.15, -0.1) is 0 Å². The van der Waals surface area contributed by atoms with Crippen LogP contribution in [-0.4, -0.2) is 16.1 Å². The van der Waals surface area contributed by atoms with E-state index in [-0.39, 0.29) is 11.8 Å². The molecule has 1 heterocycles. The molecule has 1 atom stereocenters. The molecule has 4 nitrogen and oxygen atoms in total. The Hall–Kier alpha value is -1.32. The number of hydrogen-bond donors (Lipinski definition) is 2. The number of aromatic nitrogens is 2. The number of aromatic amines is 1. The van der Waals surface area contributed by atoms with Gasteiger partial charge in [-0.25, -0.2) is 0 Å². The number of hydrogen-bond acceptors (Lipinski definition) is 2. The van der Waals surface area contributed by atoms with E-state index >= 15 is 0 Å². The van der Waals surface area contributed by atoms with Gasteiger partial charge in [-0.05, 0) is 18.4 Å². The molecule has 64 valence electrons. The summed E-state index contributed by atoms with van der Waals surface area (Å²) in [6.45, 7) is 0. The van der Waals surface area contributed by atoms with E-state index < -0.39 is 0 Å². The minimum Gasteiger partial charge on any atom is -0.369 e. The average Bonchev–Trinajstić information content (AvgIpc) is 2.49. The Balaban J connectivity index is 2.20. The lowest BCUT2D eigenvalue weighted by Crippen LogP contribution is -2.28. The molecule has 0 radical (unpaired) electrons. The average molecular weight is 165 g/mol. The molecule has 0 aromatic carbocycles. The number of nitrogens with two attached hydrogens (primary N) is 1. The number of nitrogens with zero attached hydrogens (tertiary/aromatic N) is 1. The van der Waals surface area contributed by atoms with Crippen molar-refractivity contribution in [3.8, 4) is 0 Å². The predicted molar refractivity (Wildman–Crippen MR) is 43.3 cm³/mol. The Labute approximate surface area is 70.1 Å². The molecule has 0 fully saturated rings. The maximum Gasteiger partial charge on any atom is 0.220 e. The lowest BCUT2D eigenvalue weighted by molar-refractivity contribution is -0.122. The number of nitrogens with one attached hydrogen (secondary N) is 1. The van der Waals surface area contributed by atoms with Crippen LogP contribution in [-0.2, 0) is 17.6 Å². The fourth-order valence-corrected chi connectivity index (χ4v) is 1.65. The molecule has 1 aliphatic rings. The van der Waals surface area contributed by atoms with Crippen LogP contribution in [0.25, 0.3) is 0 Å². The highest BCUT2D eigenvalue weighted by Gasteiger charge is 2.23. The Morgan fingerprint density at radius 1 is 1.75 bits per heavy atom. The van der Waals surface area contributed by atoms with Crippen LogP contribution in [0.1, 0.15) is 17.7 Å². The number of primary amides is 1. The minimum absolute atomic E-state index is 0.00190. The van der Waals surface area contributed by atoms with Gasteiger partial charge in [0.1, 0.15) is 0 Å². The van der Waals surface area contributed by atoms with Crippen LogP contribution in [0, 0.1) is 5.92 Å². The fourth-order valence-electron chi connectivity index (χ4n) is 1.65. The maximum absolute atomic E-state index is 10.9. The van der Waals surface area contributed by atoms with Gasteiger partial charge in [0.15, 0.2) is 0 Å². The van der Waals surface area contributed by atoms with E-state index in [0.717, 1.165) is 25.0 Å². The summed E-state index contributed by atoms with van der Waals surface area (Å²) in [7, 11) is 0. The summed E-state index contributed by atoms with van der Waals surface area (Å²) in [5, 5.41) is 6.81. The second-order valence-corrected chi connectivity index (χ2v) is 3.22. The van der Waals surface area contributed by atoms with Gasteiger partial charge >= 0.3 is 0 Å². The Bertz CT molecular complexity index is 305. The van der Waals surface area contributed by atoms with E-state index in [2.05, 4.69) is 10.2 Å². The van der Waals surface area contributed by atoms with Gasteiger partial charge < -0.3 is 5.73 Å². The first kappa shape index (κ1) is 7.34. The van der Waals surface area contributed by atoms with E-state index in [1.807, 2.05) is 6.20 Å². The van der Waals surface area contributed by atoms with Crippen molar-refractivity contribution in [3.63, 3.8) is 0 Å². The first-order valence-corrected chi connectivity index (χ1v) is 4.08. The lowest BCUT2D eigenvalue weighted by atomic mass is 9.88. The van der Waals surface area contributed by atoms with E-state index in [1.54, 1.807) is 0 Å². The normalized spacial score (nSPS) is 21.8. The highest BCUT2D eigenvalue weighted by molar-refractivity contribution is 5.77. The molecule has 1 aliphatic carbocycles. The Morgan fingerprint density at radius 2 is 2.58 bits per heavy atom. The summed E-state index contributed by atoms with van der Waals surface area (Å²) in [6, 6.07) is 0. The van der Waals surface area contributed by atoms with Crippen molar-refractivity contribution in [2.24, 2.45) is 11.7 Å². The summed E-state index contributed by atoms with van der Waals surface area (Å²) in [6.07, 6.45) is 4.33. The molecule has 0 saturated carbocycles. The molecule has 4 heteroatoms. The molecule has 0 bridgehead atoms. The SMILES string of the molecule is NC(=O)[C@H]1CCc2cn[nH]c2C1. The molecular formula is C8H11N3O. The number of carbonyl (C=O) groups is 1. The molecule has 2 rings (SSSR count). The first-order chi connectivity index (χ1) is 5.77. The van der Waals surface area contributed by atoms with Gasteiger partial charge in [-0.3, -0.25) is 9.89 Å². The van der Waals surface area contributed by atoms with Crippen LogP contribution >= 0.6 is 0 Å². The van der Waals surface area contributed by atoms with Crippen LogP contribution in [0.2, 0.25) is 0 Å². The molecular weight excluding hydrogens is 154 g/mol. The lowest BCUT2D eigenvalue weighted by Gasteiger charge is -2.17. The number of fused-ring (bicyclic) bond motifs is 1. The third-order valence-corrected chi connectivity index (χ3v) is 2.42. The maximum atomic E-state index is 10.9. The minimum atomic E-state index is -0.199. The van der Waals surface area contributed by atoms with Gasteiger partial charge in [0.05, 0.1) is 6.20 Å². The smallest absolute Gasteiger partial charge is 0.220 e. The summed E-state index contributed by atoms with van der Waals surface area (Å²) in [5.74, 6) is -0.201. The molecule has 1 aromatic rings. The van der Waals surface area contributed by atoms with Crippen molar-refractivity contribution in [1.82, 2.24) is 10.2 Å². The standard InChI is InChI=1S/C8H11N3O/c9-8(12)5-1-2-6-4-10-11-7(6)3-5/h4-5H,1-3H2,(H2,9,12)(H,10,11)/t5-/m0/s1. The molecule has 12 heavy (non-hydrogen) atoms. The molecule has 3 N–H and O–H groups in total.